The highest BCUT2D eigenvalue weighted by Gasteiger charge is 2.27. The Morgan fingerprint density at radius 2 is 2.14 bits per heavy atom. The van der Waals surface area contributed by atoms with Crippen LogP contribution in [0, 0.1) is 0 Å². The molecule has 7 nitrogen and oxygen atoms in total. The first-order chi connectivity index (χ1) is 10.7. The largest absolute Gasteiger partial charge is 0.450 e. The van der Waals surface area contributed by atoms with Gasteiger partial charge in [0.2, 0.25) is 0 Å². The monoisotopic (exact) mass is 306 g/mol. The molecule has 1 saturated heterocycles. The van der Waals surface area contributed by atoms with Gasteiger partial charge in [0.15, 0.2) is 5.69 Å². The van der Waals surface area contributed by atoms with Crippen LogP contribution in [-0.4, -0.2) is 52.8 Å². The summed E-state index contributed by atoms with van der Waals surface area (Å²) in [6.07, 6.45) is 4.22. The topological polar surface area (TPSA) is 87.3 Å². The number of hydrogen-bond acceptors (Lipinski definition) is 4. The number of ether oxygens (including phenoxy) is 1. The molecular formula is C15H22N4O3. The number of H-pyrrole nitrogens is 1. The average Bonchev–Trinajstić information content (AvgIpc) is 3.10. The van der Waals surface area contributed by atoms with Crippen molar-refractivity contribution in [3.8, 4) is 0 Å². The summed E-state index contributed by atoms with van der Waals surface area (Å²) in [5.41, 5.74) is 2.71. The fourth-order valence-corrected chi connectivity index (χ4v) is 3.18. The second kappa shape index (κ2) is 6.37. The number of aromatic nitrogens is 2. The van der Waals surface area contributed by atoms with Crippen LogP contribution in [0.5, 0.6) is 0 Å². The molecule has 1 aliphatic carbocycles. The molecule has 1 aromatic heterocycles. The first kappa shape index (κ1) is 14.9. The van der Waals surface area contributed by atoms with E-state index in [4.69, 9.17) is 4.74 Å². The molecule has 2 heterocycles. The van der Waals surface area contributed by atoms with Gasteiger partial charge in [0.1, 0.15) is 0 Å². The molecule has 1 fully saturated rings. The van der Waals surface area contributed by atoms with Crippen LogP contribution in [0.1, 0.15) is 47.9 Å². The molecule has 0 unspecified atom stereocenters. The molecule has 2 N–H and O–H groups in total. The van der Waals surface area contributed by atoms with Crippen LogP contribution in [0.4, 0.5) is 4.79 Å². The Labute approximate surface area is 129 Å². The molecule has 0 spiro atoms. The third kappa shape index (κ3) is 2.93. The number of hydrogen-bond donors (Lipinski definition) is 2. The normalized spacial score (nSPS) is 18.1. The molecule has 120 valence electrons. The number of carbonyl (C=O) groups excluding carboxylic acids is 2. The fourth-order valence-electron chi connectivity index (χ4n) is 3.18. The number of carbonyl (C=O) groups is 2. The van der Waals surface area contributed by atoms with E-state index in [2.05, 4.69) is 15.5 Å². The summed E-state index contributed by atoms with van der Waals surface area (Å²) in [6, 6.07) is 0.0897. The molecule has 22 heavy (non-hydrogen) atoms. The third-order valence-electron chi connectivity index (χ3n) is 4.38. The standard InChI is InChI=1S/C15H22N4O3/c1-2-22-15(21)19-8-6-10(7-9-19)16-14(20)13-11-4-3-5-12(11)17-18-13/h10H,2-9H2,1H3,(H,16,20)(H,17,18). The van der Waals surface area contributed by atoms with Crippen molar-refractivity contribution in [2.45, 2.75) is 45.1 Å². The van der Waals surface area contributed by atoms with Gasteiger partial charge in [-0.25, -0.2) is 4.79 Å². The summed E-state index contributed by atoms with van der Waals surface area (Å²) in [6.45, 7) is 3.41. The molecule has 0 saturated carbocycles. The molecule has 7 heteroatoms. The van der Waals surface area contributed by atoms with Gasteiger partial charge in [-0.15, -0.1) is 0 Å². The zero-order chi connectivity index (χ0) is 15.5. The second-order valence-corrected chi connectivity index (χ2v) is 5.82. The van der Waals surface area contributed by atoms with Crippen LogP contribution in [0.3, 0.4) is 0 Å². The van der Waals surface area contributed by atoms with Crippen LogP contribution in [0.25, 0.3) is 0 Å². The number of nitrogens with one attached hydrogen (secondary N) is 2. The summed E-state index contributed by atoms with van der Waals surface area (Å²) >= 11 is 0. The van der Waals surface area contributed by atoms with Crippen molar-refractivity contribution < 1.29 is 14.3 Å². The highest BCUT2D eigenvalue weighted by atomic mass is 16.6. The number of rotatable bonds is 3. The van der Waals surface area contributed by atoms with Gasteiger partial charge in [-0.2, -0.15) is 5.10 Å². The third-order valence-corrected chi connectivity index (χ3v) is 4.38. The van der Waals surface area contributed by atoms with Crippen molar-refractivity contribution in [2.24, 2.45) is 0 Å². The van der Waals surface area contributed by atoms with E-state index in [1.165, 1.54) is 0 Å². The lowest BCUT2D eigenvalue weighted by Gasteiger charge is -2.31. The molecule has 2 aliphatic rings. The van der Waals surface area contributed by atoms with E-state index >= 15 is 0 Å². The second-order valence-electron chi connectivity index (χ2n) is 5.82. The van der Waals surface area contributed by atoms with E-state index in [9.17, 15) is 9.59 Å². The van der Waals surface area contributed by atoms with Gasteiger partial charge in [0, 0.05) is 30.4 Å². The van der Waals surface area contributed by atoms with Crippen molar-refractivity contribution >= 4 is 12.0 Å². The maximum Gasteiger partial charge on any atom is 0.409 e. The first-order valence-corrected chi connectivity index (χ1v) is 7.97. The van der Waals surface area contributed by atoms with Gasteiger partial charge in [-0.05, 0) is 39.0 Å². The Morgan fingerprint density at radius 3 is 2.86 bits per heavy atom. The van der Waals surface area contributed by atoms with Gasteiger partial charge in [0.05, 0.1) is 6.61 Å². The summed E-state index contributed by atoms with van der Waals surface area (Å²) in [7, 11) is 0. The van der Waals surface area contributed by atoms with Crippen molar-refractivity contribution in [3.05, 3.63) is 17.0 Å². The van der Waals surface area contributed by atoms with Gasteiger partial charge in [-0.1, -0.05) is 0 Å². The number of amides is 2. The summed E-state index contributed by atoms with van der Waals surface area (Å²) in [5.74, 6) is -0.103. The minimum Gasteiger partial charge on any atom is -0.450 e. The predicted octanol–water partition coefficient (Wildman–Crippen LogP) is 1.25. The molecule has 1 aromatic rings. The molecule has 1 aliphatic heterocycles. The van der Waals surface area contributed by atoms with Crippen LogP contribution in [0.15, 0.2) is 0 Å². The predicted molar refractivity (Wildman–Crippen MR) is 79.7 cm³/mol. The number of nitrogens with zero attached hydrogens (tertiary/aromatic N) is 2. The lowest BCUT2D eigenvalue weighted by Crippen LogP contribution is -2.46. The molecule has 0 bridgehead atoms. The van der Waals surface area contributed by atoms with Crippen molar-refractivity contribution in [2.75, 3.05) is 19.7 Å². The Morgan fingerprint density at radius 1 is 1.36 bits per heavy atom. The zero-order valence-electron chi connectivity index (χ0n) is 12.9. The van der Waals surface area contributed by atoms with Gasteiger partial charge >= 0.3 is 6.09 Å². The van der Waals surface area contributed by atoms with E-state index in [0.717, 1.165) is 43.4 Å². The van der Waals surface area contributed by atoms with Crippen molar-refractivity contribution in [3.63, 3.8) is 0 Å². The van der Waals surface area contributed by atoms with Crippen LogP contribution < -0.4 is 5.32 Å². The number of aryl methyl sites for hydroxylation is 1. The molecule has 2 amide bonds. The number of likely N-dealkylation sites (tertiary alicyclic amines) is 1. The minimum absolute atomic E-state index is 0.0897. The van der Waals surface area contributed by atoms with E-state index in [1.54, 1.807) is 11.8 Å². The van der Waals surface area contributed by atoms with Crippen LogP contribution in [-0.2, 0) is 17.6 Å². The summed E-state index contributed by atoms with van der Waals surface area (Å²) < 4.78 is 4.99. The van der Waals surface area contributed by atoms with Crippen LogP contribution in [0.2, 0.25) is 0 Å². The van der Waals surface area contributed by atoms with E-state index < -0.39 is 0 Å². The van der Waals surface area contributed by atoms with E-state index in [-0.39, 0.29) is 18.0 Å². The summed E-state index contributed by atoms with van der Waals surface area (Å²) in [5, 5.41) is 10.2. The van der Waals surface area contributed by atoms with Crippen molar-refractivity contribution in [1.82, 2.24) is 20.4 Å². The van der Waals surface area contributed by atoms with Gasteiger partial charge in [0.25, 0.3) is 5.91 Å². The maximum atomic E-state index is 12.4. The lowest BCUT2D eigenvalue weighted by atomic mass is 10.0. The van der Waals surface area contributed by atoms with E-state index in [0.29, 0.717) is 25.4 Å². The molecule has 0 aromatic carbocycles. The molecule has 0 atom stereocenters. The average molecular weight is 306 g/mol. The smallest absolute Gasteiger partial charge is 0.409 e. The van der Waals surface area contributed by atoms with E-state index in [1.807, 2.05) is 0 Å². The first-order valence-electron chi connectivity index (χ1n) is 7.97. The molecule has 3 rings (SSSR count). The Kier molecular flexibility index (Phi) is 4.31. The van der Waals surface area contributed by atoms with Crippen LogP contribution >= 0.6 is 0 Å². The molecule has 0 radical (unpaired) electrons. The highest BCUT2D eigenvalue weighted by molar-refractivity contribution is 5.94. The van der Waals surface area contributed by atoms with Gasteiger partial charge in [-0.3, -0.25) is 9.89 Å². The van der Waals surface area contributed by atoms with Gasteiger partial charge < -0.3 is 15.0 Å². The minimum atomic E-state index is -0.266. The fraction of sp³-hybridized carbons (Fsp3) is 0.667. The zero-order valence-corrected chi connectivity index (χ0v) is 12.9. The quantitative estimate of drug-likeness (QED) is 0.880. The highest BCUT2D eigenvalue weighted by Crippen LogP contribution is 2.23. The number of fused-ring (bicyclic) bond motifs is 1. The lowest BCUT2D eigenvalue weighted by molar-refractivity contribution is 0.0856. The Bertz CT molecular complexity index is 561. The number of piperidine rings is 1. The molecular weight excluding hydrogens is 284 g/mol. The van der Waals surface area contributed by atoms with Crippen molar-refractivity contribution in [1.29, 1.82) is 0 Å². The summed E-state index contributed by atoms with van der Waals surface area (Å²) in [4.78, 5) is 25.7. The number of aromatic amines is 1. The Balaban J connectivity index is 1.52. The SMILES string of the molecule is CCOC(=O)N1CCC(NC(=O)c2n[nH]c3c2CCC3)CC1. The maximum absolute atomic E-state index is 12.4. The Hall–Kier alpha value is -2.05.